The summed E-state index contributed by atoms with van der Waals surface area (Å²) in [6.45, 7) is 0.720. The Morgan fingerprint density at radius 1 is 1.33 bits per heavy atom. The molecule has 2 heterocycles. The van der Waals surface area contributed by atoms with E-state index in [9.17, 15) is 0 Å². The van der Waals surface area contributed by atoms with Gasteiger partial charge in [0.05, 0.1) is 15.9 Å². The van der Waals surface area contributed by atoms with E-state index in [1.807, 2.05) is 24.3 Å². The first kappa shape index (κ1) is 14.8. The summed E-state index contributed by atoms with van der Waals surface area (Å²) in [7, 11) is 1.61. The molecule has 0 radical (unpaired) electrons. The van der Waals surface area contributed by atoms with Crippen molar-refractivity contribution in [3.8, 4) is 11.5 Å². The molecule has 3 rings (SSSR count). The molecule has 110 valence electrons. The SMILES string of the molecule is COCc1nc(C2COc3ccccc3O2)nc(Cl)c1I. The van der Waals surface area contributed by atoms with Crippen LogP contribution in [0.15, 0.2) is 24.3 Å². The molecule has 0 amide bonds. The van der Waals surface area contributed by atoms with Crippen molar-refractivity contribution in [2.45, 2.75) is 12.7 Å². The minimum atomic E-state index is -0.384. The predicted molar refractivity (Wildman–Crippen MR) is 85.8 cm³/mol. The van der Waals surface area contributed by atoms with Crippen molar-refractivity contribution in [2.24, 2.45) is 0 Å². The monoisotopic (exact) mass is 418 g/mol. The zero-order chi connectivity index (χ0) is 14.8. The van der Waals surface area contributed by atoms with Gasteiger partial charge in [-0.25, -0.2) is 9.97 Å². The van der Waals surface area contributed by atoms with Crippen LogP contribution in [-0.2, 0) is 11.3 Å². The van der Waals surface area contributed by atoms with E-state index in [0.717, 1.165) is 15.0 Å². The normalized spacial score (nSPS) is 16.8. The van der Waals surface area contributed by atoms with Crippen LogP contribution in [0.1, 0.15) is 17.6 Å². The lowest BCUT2D eigenvalue weighted by Crippen LogP contribution is -2.24. The van der Waals surface area contributed by atoms with Gasteiger partial charge in [-0.3, -0.25) is 0 Å². The lowest BCUT2D eigenvalue weighted by atomic mass is 10.2. The average molecular weight is 419 g/mol. The number of methoxy groups -OCH3 is 1. The van der Waals surface area contributed by atoms with Gasteiger partial charge in [0.2, 0.25) is 0 Å². The fourth-order valence-electron chi connectivity index (χ4n) is 2.00. The minimum absolute atomic E-state index is 0.348. The predicted octanol–water partition coefficient (Wildman–Crippen LogP) is 3.39. The quantitative estimate of drug-likeness (QED) is 0.565. The molecule has 0 spiro atoms. The lowest BCUT2D eigenvalue weighted by Gasteiger charge is -2.25. The third-order valence-corrected chi connectivity index (χ3v) is 4.70. The molecule has 1 aliphatic rings. The number of benzene rings is 1. The molecule has 0 bridgehead atoms. The Labute approximate surface area is 140 Å². The summed E-state index contributed by atoms with van der Waals surface area (Å²) in [5, 5.41) is 0.398. The van der Waals surface area contributed by atoms with Crippen molar-refractivity contribution in [3.05, 3.63) is 44.5 Å². The maximum absolute atomic E-state index is 6.16. The van der Waals surface area contributed by atoms with Crippen LogP contribution < -0.4 is 9.47 Å². The van der Waals surface area contributed by atoms with E-state index >= 15 is 0 Å². The van der Waals surface area contributed by atoms with Gasteiger partial charge >= 0.3 is 0 Å². The molecule has 21 heavy (non-hydrogen) atoms. The number of hydrogen-bond donors (Lipinski definition) is 0. The fourth-order valence-corrected chi connectivity index (χ4v) is 2.60. The van der Waals surface area contributed by atoms with Crippen molar-refractivity contribution in [2.75, 3.05) is 13.7 Å². The molecule has 0 N–H and O–H groups in total. The summed E-state index contributed by atoms with van der Waals surface area (Å²) in [5.74, 6) is 1.91. The van der Waals surface area contributed by atoms with E-state index in [2.05, 4.69) is 32.6 Å². The van der Waals surface area contributed by atoms with Gasteiger partial charge in [0.25, 0.3) is 0 Å². The van der Waals surface area contributed by atoms with Gasteiger partial charge in [0, 0.05) is 7.11 Å². The summed E-state index contributed by atoms with van der Waals surface area (Å²) in [5.41, 5.74) is 0.746. The van der Waals surface area contributed by atoms with Gasteiger partial charge in [-0.05, 0) is 34.7 Å². The third kappa shape index (κ3) is 3.07. The largest absolute Gasteiger partial charge is 0.485 e. The standard InChI is InChI=1S/C14H12ClIN2O3/c1-19-6-8-12(16)13(15)18-14(17-8)11-7-20-9-4-2-3-5-10(9)21-11/h2-5,11H,6-7H2,1H3. The summed E-state index contributed by atoms with van der Waals surface area (Å²) in [6.07, 6.45) is -0.384. The number of nitrogens with zero attached hydrogens (tertiary/aromatic N) is 2. The van der Waals surface area contributed by atoms with E-state index in [4.69, 9.17) is 25.8 Å². The topological polar surface area (TPSA) is 53.5 Å². The number of fused-ring (bicyclic) bond motifs is 1. The first-order chi connectivity index (χ1) is 10.2. The Kier molecular flexibility index (Phi) is 4.46. The van der Waals surface area contributed by atoms with Crippen LogP contribution in [0.5, 0.6) is 11.5 Å². The molecule has 1 aromatic heterocycles. The number of hydrogen-bond acceptors (Lipinski definition) is 5. The van der Waals surface area contributed by atoms with Gasteiger partial charge in [-0.15, -0.1) is 0 Å². The van der Waals surface area contributed by atoms with Crippen LogP contribution >= 0.6 is 34.2 Å². The molecule has 0 aliphatic carbocycles. The number of halogens is 2. The van der Waals surface area contributed by atoms with Crippen LogP contribution in [0.2, 0.25) is 5.15 Å². The number of ether oxygens (including phenoxy) is 3. The number of aromatic nitrogens is 2. The molecule has 0 saturated heterocycles. The van der Waals surface area contributed by atoms with Crippen LogP contribution in [-0.4, -0.2) is 23.7 Å². The van der Waals surface area contributed by atoms with Crippen molar-refractivity contribution < 1.29 is 14.2 Å². The molecule has 0 saturated carbocycles. The van der Waals surface area contributed by atoms with E-state index in [1.54, 1.807) is 7.11 Å². The molecule has 5 nitrogen and oxygen atoms in total. The van der Waals surface area contributed by atoms with Crippen molar-refractivity contribution in [1.29, 1.82) is 0 Å². The second-order valence-electron chi connectivity index (χ2n) is 4.43. The highest BCUT2D eigenvalue weighted by atomic mass is 127. The molecule has 2 aromatic rings. The van der Waals surface area contributed by atoms with Crippen LogP contribution in [0, 0.1) is 3.57 Å². The second kappa shape index (κ2) is 6.33. The van der Waals surface area contributed by atoms with Crippen LogP contribution in [0.3, 0.4) is 0 Å². The Balaban J connectivity index is 1.91. The summed E-state index contributed by atoms with van der Waals surface area (Å²) < 4.78 is 17.5. The van der Waals surface area contributed by atoms with E-state index < -0.39 is 0 Å². The molecular weight excluding hydrogens is 407 g/mol. The maximum Gasteiger partial charge on any atom is 0.192 e. The van der Waals surface area contributed by atoms with Crippen LogP contribution in [0.25, 0.3) is 0 Å². The highest BCUT2D eigenvalue weighted by molar-refractivity contribution is 14.1. The van der Waals surface area contributed by atoms with Gasteiger partial charge in [0.15, 0.2) is 23.4 Å². The van der Waals surface area contributed by atoms with Crippen molar-refractivity contribution in [1.82, 2.24) is 9.97 Å². The average Bonchev–Trinajstić information content (AvgIpc) is 2.51. The Bertz CT molecular complexity index is 669. The number of rotatable bonds is 3. The van der Waals surface area contributed by atoms with E-state index in [1.165, 1.54) is 0 Å². The van der Waals surface area contributed by atoms with Crippen LogP contribution in [0.4, 0.5) is 0 Å². The van der Waals surface area contributed by atoms with Gasteiger partial charge in [0.1, 0.15) is 11.8 Å². The zero-order valence-electron chi connectivity index (χ0n) is 11.2. The van der Waals surface area contributed by atoms with Gasteiger partial charge in [-0.2, -0.15) is 0 Å². The fraction of sp³-hybridized carbons (Fsp3) is 0.286. The molecule has 1 atom stereocenters. The minimum Gasteiger partial charge on any atom is -0.485 e. The second-order valence-corrected chi connectivity index (χ2v) is 5.87. The highest BCUT2D eigenvalue weighted by Gasteiger charge is 2.26. The van der Waals surface area contributed by atoms with Gasteiger partial charge < -0.3 is 14.2 Å². The third-order valence-electron chi connectivity index (χ3n) is 2.97. The summed E-state index contributed by atoms with van der Waals surface area (Å²) in [6, 6.07) is 7.51. The van der Waals surface area contributed by atoms with Crippen molar-refractivity contribution in [3.63, 3.8) is 0 Å². The molecule has 7 heteroatoms. The summed E-state index contributed by atoms with van der Waals surface area (Å²) in [4.78, 5) is 8.78. The van der Waals surface area contributed by atoms with Crippen molar-refractivity contribution >= 4 is 34.2 Å². The smallest absolute Gasteiger partial charge is 0.192 e. The molecule has 1 aromatic carbocycles. The van der Waals surface area contributed by atoms with E-state index in [0.29, 0.717) is 29.9 Å². The summed E-state index contributed by atoms with van der Waals surface area (Å²) >= 11 is 8.27. The first-order valence-corrected chi connectivity index (χ1v) is 7.74. The molecular formula is C14H12ClIN2O3. The van der Waals surface area contributed by atoms with Gasteiger partial charge in [-0.1, -0.05) is 23.7 Å². The Morgan fingerprint density at radius 3 is 2.86 bits per heavy atom. The number of para-hydroxylation sites is 2. The Hall–Kier alpha value is -1.12. The molecule has 1 unspecified atom stereocenters. The maximum atomic E-state index is 6.16. The molecule has 1 aliphatic heterocycles. The zero-order valence-corrected chi connectivity index (χ0v) is 14.1. The first-order valence-electron chi connectivity index (χ1n) is 6.28. The Morgan fingerprint density at radius 2 is 2.10 bits per heavy atom. The van der Waals surface area contributed by atoms with E-state index in [-0.39, 0.29) is 6.10 Å². The lowest BCUT2D eigenvalue weighted by molar-refractivity contribution is 0.0843. The molecule has 0 fully saturated rings. The highest BCUT2D eigenvalue weighted by Crippen LogP contribution is 2.35.